The molecular weight excluding hydrogens is 268 g/mol. The lowest BCUT2D eigenvalue weighted by Gasteiger charge is -2.23. The molecule has 1 atom stereocenters. The molecule has 114 valence electrons. The number of amides is 3. The number of urea groups is 1. The van der Waals surface area contributed by atoms with Crippen molar-refractivity contribution in [3.63, 3.8) is 0 Å². The number of benzene rings is 1. The SMILES string of the molecule is C[C@H](Oc1ccccc1)C(=O)NC(=O)NC1CCCCC1. The number of hydrogen-bond acceptors (Lipinski definition) is 3. The second kappa shape index (κ2) is 7.67. The number of carbonyl (C=O) groups is 2. The lowest BCUT2D eigenvalue weighted by molar-refractivity contribution is -0.126. The predicted octanol–water partition coefficient (Wildman–Crippen LogP) is 2.61. The third kappa shape index (κ3) is 5.10. The van der Waals surface area contributed by atoms with Crippen molar-refractivity contribution in [3.8, 4) is 5.75 Å². The highest BCUT2D eigenvalue weighted by molar-refractivity contribution is 5.96. The zero-order valence-corrected chi connectivity index (χ0v) is 12.3. The molecule has 1 aliphatic rings. The van der Waals surface area contributed by atoms with Gasteiger partial charge in [-0.2, -0.15) is 0 Å². The van der Waals surface area contributed by atoms with Crippen LogP contribution in [-0.2, 0) is 4.79 Å². The molecule has 0 unspecified atom stereocenters. The molecule has 0 saturated heterocycles. The van der Waals surface area contributed by atoms with E-state index < -0.39 is 18.0 Å². The molecule has 0 aliphatic heterocycles. The van der Waals surface area contributed by atoms with E-state index in [9.17, 15) is 9.59 Å². The zero-order chi connectivity index (χ0) is 15.1. The highest BCUT2D eigenvalue weighted by Gasteiger charge is 2.20. The Morgan fingerprint density at radius 2 is 1.81 bits per heavy atom. The second-order valence-electron chi connectivity index (χ2n) is 5.37. The molecule has 1 aromatic rings. The van der Waals surface area contributed by atoms with E-state index in [0.29, 0.717) is 5.75 Å². The first-order chi connectivity index (χ1) is 10.1. The maximum absolute atomic E-state index is 11.9. The Bertz CT molecular complexity index is 470. The van der Waals surface area contributed by atoms with Crippen molar-refractivity contribution in [1.29, 1.82) is 0 Å². The van der Waals surface area contributed by atoms with Gasteiger partial charge in [0, 0.05) is 6.04 Å². The normalized spacial score (nSPS) is 16.8. The minimum atomic E-state index is -0.718. The molecule has 1 saturated carbocycles. The lowest BCUT2D eigenvalue weighted by atomic mass is 9.96. The van der Waals surface area contributed by atoms with Gasteiger partial charge in [-0.05, 0) is 31.9 Å². The van der Waals surface area contributed by atoms with Crippen LogP contribution in [0.4, 0.5) is 4.79 Å². The monoisotopic (exact) mass is 290 g/mol. The largest absolute Gasteiger partial charge is 0.481 e. The van der Waals surface area contributed by atoms with Crippen molar-refractivity contribution in [3.05, 3.63) is 30.3 Å². The summed E-state index contributed by atoms with van der Waals surface area (Å²) in [4.78, 5) is 23.7. The molecule has 21 heavy (non-hydrogen) atoms. The molecule has 5 nitrogen and oxygen atoms in total. The van der Waals surface area contributed by atoms with E-state index in [-0.39, 0.29) is 6.04 Å². The fourth-order valence-corrected chi connectivity index (χ4v) is 2.44. The van der Waals surface area contributed by atoms with E-state index in [2.05, 4.69) is 10.6 Å². The van der Waals surface area contributed by atoms with Crippen molar-refractivity contribution in [1.82, 2.24) is 10.6 Å². The van der Waals surface area contributed by atoms with Crippen LogP contribution in [0, 0.1) is 0 Å². The van der Waals surface area contributed by atoms with Crippen LogP contribution in [0.5, 0.6) is 5.75 Å². The maximum atomic E-state index is 11.9. The van der Waals surface area contributed by atoms with Crippen LogP contribution in [0.25, 0.3) is 0 Å². The van der Waals surface area contributed by atoms with E-state index >= 15 is 0 Å². The highest BCUT2D eigenvalue weighted by atomic mass is 16.5. The second-order valence-corrected chi connectivity index (χ2v) is 5.37. The van der Waals surface area contributed by atoms with Gasteiger partial charge in [0.25, 0.3) is 5.91 Å². The molecule has 0 heterocycles. The van der Waals surface area contributed by atoms with Gasteiger partial charge in [0.05, 0.1) is 0 Å². The Balaban J connectivity index is 1.76. The first-order valence-corrected chi connectivity index (χ1v) is 7.48. The molecule has 2 rings (SSSR count). The Labute approximate surface area is 125 Å². The van der Waals surface area contributed by atoms with Gasteiger partial charge in [-0.1, -0.05) is 37.5 Å². The molecule has 5 heteroatoms. The van der Waals surface area contributed by atoms with Gasteiger partial charge in [0.15, 0.2) is 6.10 Å². The number of nitrogens with one attached hydrogen (secondary N) is 2. The van der Waals surface area contributed by atoms with Crippen LogP contribution in [0.3, 0.4) is 0 Å². The number of para-hydroxylation sites is 1. The summed E-state index contributed by atoms with van der Waals surface area (Å²) in [7, 11) is 0. The van der Waals surface area contributed by atoms with Gasteiger partial charge in [0.2, 0.25) is 0 Å². The van der Waals surface area contributed by atoms with Crippen LogP contribution < -0.4 is 15.4 Å². The molecule has 0 bridgehead atoms. The van der Waals surface area contributed by atoms with E-state index in [0.717, 1.165) is 25.7 Å². The number of hydrogen-bond donors (Lipinski definition) is 2. The first-order valence-electron chi connectivity index (χ1n) is 7.48. The smallest absolute Gasteiger partial charge is 0.321 e. The van der Waals surface area contributed by atoms with Crippen molar-refractivity contribution in [2.24, 2.45) is 0 Å². The molecule has 1 aliphatic carbocycles. The highest BCUT2D eigenvalue weighted by Crippen LogP contribution is 2.17. The third-order valence-electron chi connectivity index (χ3n) is 3.60. The number of ether oxygens (including phenoxy) is 1. The molecule has 0 spiro atoms. The number of rotatable bonds is 4. The van der Waals surface area contributed by atoms with Crippen LogP contribution in [0.2, 0.25) is 0 Å². The van der Waals surface area contributed by atoms with Crippen LogP contribution >= 0.6 is 0 Å². The van der Waals surface area contributed by atoms with Crippen molar-refractivity contribution in [2.45, 2.75) is 51.2 Å². The Morgan fingerprint density at radius 1 is 1.14 bits per heavy atom. The van der Waals surface area contributed by atoms with Crippen molar-refractivity contribution >= 4 is 11.9 Å². The molecule has 0 aromatic heterocycles. The Kier molecular flexibility index (Phi) is 5.60. The summed E-state index contributed by atoms with van der Waals surface area (Å²) in [6.07, 6.45) is 4.74. The average molecular weight is 290 g/mol. The fraction of sp³-hybridized carbons (Fsp3) is 0.500. The van der Waals surface area contributed by atoms with Crippen molar-refractivity contribution < 1.29 is 14.3 Å². The molecule has 2 N–H and O–H groups in total. The summed E-state index contributed by atoms with van der Waals surface area (Å²) in [5.41, 5.74) is 0. The molecule has 0 radical (unpaired) electrons. The lowest BCUT2D eigenvalue weighted by Crippen LogP contribution is -2.48. The molecule has 1 aromatic carbocycles. The summed E-state index contributed by atoms with van der Waals surface area (Å²) in [6.45, 7) is 1.62. The molecule has 1 fully saturated rings. The summed E-state index contributed by atoms with van der Waals surface area (Å²) >= 11 is 0. The van der Waals surface area contributed by atoms with Gasteiger partial charge in [-0.15, -0.1) is 0 Å². The molecule has 3 amide bonds. The van der Waals surface area contributed by atoms with Gasteiger partial charge in [-0.25, -0.2) is 4.79 Å². The first kappa shape index (κ1) is 15.4. The fourth-order valence-electron chi connectivity index (χ4n) is 2.44. The predicted molar refractivity (Wildman–Crippen MR) is 80.1 cm³/mol. The maximum Gasteiger partial charge on any atom is 0.321 e. The summed E-state index contributed by atoms with van der Waals surface area (Å²) in [5.74, 6) is 0.167. The summed E-state index contributed by atoms with van der Waals surface area (Å²) < 4.78 is 5.47. The topological polar surface area (TPSA) is 67.4 Å². The average Bonchev–Trinajstić information content (AvgIpc) is 2.49. The van der Waals surface area contributed by atoms with Crippen LogP contribution in [0.1, 0.15) is 39.0 Å². The summed E-state index contributed by atoms with van der Waals surface area (Å²) in [5, 5.41) is 5.18. The zero-order valence-electron chi connectivity index (χ0n) is 12.3. The van der Waals surface area contributed by atoms with Gasteiger partial charge < -0.3 is 10.1 Å². The van der Waals surface area contributed by atoms with Gasteiger partial charge >= 0.3 is 6.03 Å². The minimum absolute atomic E-state index is 0.178. The number of imide groups is 1. The molecular formula is C16H22N2O3. The Hall–Kier alpha value is -2.04. The van der Waals surface area contributed by atoms with E-state index in [1.54, 1.807) is 19.1 Å². The van der Waals surface area contributed by atoms with E-state index in [1.165, 1.54) is 6.42 Å². The van der Waals surface area contributed by atoms with Gasteiger partial charge in [0.1, 0.15) is 5.75 Å². The summed E-state index contributed by atoms with van der Waals surface area (Å²) in [6, 6.07) is 8.81. The van der Waals surface area contributed by atoms with Crippen LogP contribution in [0.15, 0.2) is 30.3 Å². The number of carbonyl (C=O) groups excluding carboxylic acids is 2. The van der Waals surface area contributed by atoms with Gasteiger partial charge in [-0.3, -0.25) is 10.1 Å². The third-order valence-corrected chi connectivity index (χ3v) is 3.60. The standard InChI is InChI=1S/C16H22N2O3/c1-12(21-14-10-6-3-7-11-14)15(19)18-16(20)17-13-8-4-2-5-9-13/h3,6-7,10-13H,2,4-5,8-9H2,1H3,(H2,17,18,19,20)/t12-/m0/s1. The van der Waals surface area contributed by atoms with E-state index in [4.69, 9.17) is 4.74 Å². The van der Waals surface area contributed by atoms with Crippen LogP contribution in [-0.4, -0.2) is 24.1 Å². The minimum Gasteiger partial charge on any atom is -0.481 e. The van der Waals surface area contributed by atoms with E-state index in [1.807, 2.05) is 18.2 Å². The Morgan fingerprint density at radius 3 is 2.48 bits per heavy atom. The van der Waals surface area contributed by atoms with Crippen molar-refractivity contribution in [2.75, 3.05) is 0 Å². The quantitative estimate of drug-likeness (QED) is 0.895.